The highest BCUT2D eigenvalue weighted by Gasteiger charge is 2.16. The van der Waals surface area contributed by atoms with Crippen molar-refractivity contribution in [3.05, 3.63) is 46.8 Å². The molecule has 0 fully saturated rings. The number of carbonyl (C=O) groups excluding carboxylic acids is 1. The maximum atomic E-state index is 12.4. The molecule has 3 N–H and O–H groups in total. The van der Waals surface area contributed by atoms with Gasteiger partial charge < -0.3 is 10.6 Å². The van der Waals surface area contributed by atoms with Crippen LogP contribution in [0.25, 0.3) is 0 Å². The molecule has 5 nitrogen and oxygen atoms in total. The highest BCUT2D eigenvalue weighted by atomic mass is 16.1. The van der Waals surface area contributed by atoms with E-state index in [0.717, 1.165) is 30.0 Å². The summed E-state index contributed by atoms with van der Waals surface area (Å²) in [6.07, 6.45) is 0. The Labute approximate surface area is 118 Å². The normalized spacial score (nSPS) is 10.6. The summed E-state index contributed by atoms with van der Waals surface area (Å²) in [4.78, 5) is 12.4. The topological polar surface area (TPSA) is 69.8 Å². The second kappa shape index (κ2) is 6.34. The fraction of sp³-hybridized carbons (Fsp3) is 0.333. The second-order valence-corrected chi connectivity index (χ2v) is 4.70. The Balaban J connectivity index is 2.20. The minimum Gasteiger partial charge on any atom is -0.322 e. The van der Waals surface area contributed by atoms with Crippen LogP contribution >= 0.6 is 0 Å². The summed E-state index contributed by atoms with van der Waals surface area (Å²) in [5, 5.41) is 13.1. The molecule has 2 aromatic rings. The van der Waals surface area contributed by atoms with Gasteiger partial charge in [0.1, 0.15) is 0 Å². The van der Waals surface area contributed by atoms with Gasteiger partial charge >= 0.3 is 0 Å². The Morgan fingerprint density at radius 2 is 2.05 bits per heavy atom. The smallest absolute Gasteiger partial charge is 0.259 e. The van der Waals surface area contributed by atoms with Crippen LogP contribution < -0.4 is 10.6 Å². The number of hydrogen-bond acceptors (Lipinski definition) is 3. The van der Waals surface area contributed by atoms with Crippen LogP contribution in [-0.2, 0) is 6.54 Å². The van der Waals surface area contributed by atoms with Crippen LogP contribution in [0.5, 0.6) is 0 Å². The van der Waals surface area contributed by atoms with Crippen LogP contribution in [0.1, 0.15) is 34.2 Å². The molecule has 20 heavy (non-hydrogen) atoms. The molecule has 0 unspecified atom stereocenters. The van der Waals surface area contributed by atoms with Crippen molar-refractivity contribution in [1.82, 2.24) is 15.5 Å². The number of aromatic amines is 1. The first kappa shape index (κ1) is 14.3. The molecule has 1 aromatic carbocycles. The Hall–Kier alpha value is -2.14. The number of anilines is 1. The van der Waals surface area contributed by atoms with Gasteiger partial charge in [-0.3, -0.25) is 9.89 Å². The van der Waals surface area contributed by atoms with Crippen molar-refractivity contribution >= 4 is 11.6 Å². The molecule has 0 saturated heterocycles. The van der Waals surface area contributed by atoms with Crippen LogP contribution in [0.2, 0.25) is 0 Å². The third-order valence-electron chi connectivity index (χ3n) is 3.19. The highest BCUT2D eigenvalue weighted by molar-refractivity contribution is 6.06. The average molecular weight is 272 g/mol. The van der Waals surface area contributed by atoms with Crippen molar-refractivity contribution in [2.75, 3.05) is 11.9 Å². The van der Waals surface area contributed by atoms with E-state index < -0.39 is 0 Å². The molecule has 0 spiro atoms. The molecule has 0 aliphatic rings. The molecule has 0 aliphatic carbocycles. The lowest BCUT2D eigenvalue weighted by atomic mass is 10.1. The summed E-state index contributed by atoms with van der Waals surface area (Å²) in [5.41, 5.74) is 4.01. The Morgan fingerprint density at radius 3 is 2.70 bits per heavy atom. The first-order valence-corrected chi connectivity index (χ1v) is 6.75. The van der Waals surface area contributed by atoms with Gasteiger partial charge in [-0.2, -0.15) is 5.10 Å². The van der Waals surface area contributed by atoms with Crippen LogP contribution in [0.4, 0.5) is 5.69 Å². The van der Waals surface area contributed by atoms with E-state index in [1.54, 1.807) is 0 Å². The summed E-state index contributed by atoms with van der Waals surface area (Å²) < 4.78 is 0. The lowest BCUT2D eigenvalue weighted by Crippen LogP contribution is -2.17. The fourth-order valence-corrected chi connectivity index (χ4v) is 2.13. The van der Waals surface area contributed by atoms with Crippen molar-refractivity contribution in [2.45, 2.75) is 27.3 Å². The van der Waals surface area contributed by atoms with Gasteiger partial charge in [0.15, 0.2) is 0 Å². The molecule has 1 amide bonds. The van der Waals surface area contributed by atoms with Crippen molar-refractivity contribution in [3.63, 3.8) is 0 Å². The molecule has 106 valence electrons. The standard InChI is InChI=1S/C15H20N4O/c1-4-16-9-12-7-5-6-8-13(12)17-15(20)14-10(2)18-19-11(14)3/h5-8,16H,4,9H2,1-3H3,(H,17,20)(H,18,19). The summed E-state index contributed by atoms with van der Waals surface area (Å²) in [5.74, 6) is -0.127. The van der Waals surface area contributed by atoms with E-state index in [-0.39, 0.29) is 5.91 Å². The number of benzene rings is 1. The SMILES string of the molecule is CCNCc1ccccc1NC(=O)c1c(C)n[nH]c1C. The summed E-state index contributed by atoms with van der Waals surface area (Å²) in [6.45, 7) is 7.35. The van der Waals surface area contributed by atoms with Crippen molar-refractivity contribution in [2.24, 2.45) is 0 Å². The van der Waals surface area contributed by atoms with Crippen LogP contribution in [-0.4, -0.2) is 22.6 Å². The van der Waals surface area contributed by atoms with Crippen LogP contribution in [0, 0.1) is 13.8 Å². The predicted octanol–water partition coefficient (Wildman–Crippen LogP) is 2.39. The molecular formula is C15H20N4O. The van der Waals surface area contributed by atoms with Gasteiger partial charge in [-0.05, 0) is 32.0 Å². The largest absolute Gasteiger partial charge is 0.322 e. The van der Waals surface area contributed by atoms with Gasteiger partial charge in [0.2, 0.25) is 0 Å². The van der Waals surface area contributed by atoms with Crippen LogP contribution in [0.15, 0.2) is 24.3 Å². The zero-order chi connectivity index (χ0) is 14.5. The lowest BCUT2D eigenvalue weighted by molar-refractivity contribution is 0.102. The molecule has 1 aromatic heterocycles. The monoisotopic (exact) mass is 272 g/mol. The highest BCUT2D eigenvalue weighted by Crippen LogP contribution is 2.18. The minimum atomic E-state index is -0.127. The third kappa shape index (κ3) is 3.05. The lowest BCUT2D eigenvalue weighted by Gasteiger charge is -2.11. The van der Waals surface area contributed by atoms with E-state index in [0.29, 0.717) is 11.3 Å². The van der Waals surface area contributed by atoms with Gasteiger partial charge in [0.05, 0.1) is 11.3 Å². The van der Waals surface area contributed by atoms with Crippen LogP contribution in [0.3, 0.4) is 0 Å². The number of para-hydroxylation sites is 1. The van der Waals surface area contributed by atoms with E-state index in [1.165, 1.54) is 0 Å². The van der Waals surface area contributed by atoms with E-state index >= 15 is 0 Å². The summed E-state index contributed by atoms with van der Waals surface area (Å²) in [7, 11) is 0. The Morgan fingerprint density at radius 1 is 1.30 bits per heavy atom. The van der Waals surface area contributed by atoms with E-state index in [4.69, 9.17) is 0 Å². The molecule has 0 atom stereocenters. The number of rotatable bonds is 5. The molecule has 5 heteroatoms. The first-order valence-electron chi connectivity index (χ1n) is 6.75. The molecular weight excluding hydrogens is 252 g/mol. The average Bonchev–Trinajstić information content (AvgIpc) is 2.77. The van der Waals surface area contributed by atoms with Gasteiger partial charge in [-0.1, -0.05) is 25.1 Å². The zero-order valence-electron chi connectivity index (χ0n) is 12.1. The van der Waals surface area contributed by atoms with Crippen molar-refractivity contribution in [3.8, 4) is 0 Å². The number of hydrogen-bond donors (Lipinski definition) is 3. The number of nitrogens with zero attached hydrogens (tertiary/aromatic N) is 1. The maximum Gasteiger partial charge on any atom is 0.259 e. The number of H-pyrrole nitrogens is 1. The van der Waals surface area contributed by atoms with Gasteiger partial charge in [0, 0.05) is 17.9 Å². The molecule has 0 aliphatic heterocycles. The van der Waals surface area contributed by atoms with E-state index in [2.05, 4.69) is 27.8 Å². The number of carbonyl (C=O) groups is 1. The van der Waals surface area contributed by atoms with E-state index in [1.807, 2.05) is 38.1 Å². The van der Waals surface area contributed by atoms with E-state index in [9.17, 15) is 4.79 Å². The van der Waals surface area contributed by atoms with Crippen molar-refractivity contribution in [1.29, 1.82) is 0 Å². The Kier molecular flexibility index (Phi) is 4.53. The first-order chi connectivity index (χ1) is 9.63. The van der Waals surface area contributed by atoms with Gasteiger partial charge in [-0.15, -0.1) is 0 Å². The minimum absolute atomic E-state index is 0.127. The summed E-state index contributed by atoms with van der Waals surface area (Å²) >= 11 is 0. The number of nitrogens with one attached hydrogen (secondary N) is 3. The summed E-state index contributed by atoms with van der Waals surface area (Å²) in [6, 6.07) is 7.81. The molecule has 0 saturated carbocycles. The molecule has 2 rings (SSSR count). The molecule has 0 radical (unpaired) electrons. The number of amides is 1. The number of aromatic nitrogens is 2. The quantitative estimate of drug-likeness (QED) is 0.782. The molecule has 0 bridgehead atoms. The zero-order valence-corrected chi connectivity index (χ0v) is 12.1. The van der Waals surface area contributed by atoms with Gasteiger partial charge in [0.25, 0.3) is 5.91 Å². The van der Waals surface area contributed by atoms with Crippen molar-refractivity contribution < 1.29 is 4.79 Å². The Bertz CT molecular complexity index is 584. The number of aryl methyl sites for hydroxylation is 2. The maximum absolute atomic E-state index is 12.4. The second-order valence-electron chi connectivity index (χ2n) is 4.70. The predicted molar refractivity (Wildman–Crippen MR) is 79.8 cm³/mol. The fourth-order valence-electron chi connectivity index (χ4n) is 2.13. The molecule has 1 heterocycles. The third-order valence-corrected chi connectivity index (χ3v) is 3.19. The van der Waals surface area contributed by atoms with Gasteiger partial charge in [-0.25, -0.2) is 0 Å².